The normalized spacial score (nSPS) is 24.0. The molecule has 17 heavy (non-hydrogen) atoms. The molecule has 1 saturated carbocycles. The molecule has 2 aliphatic rings. The van der Waals surface area contributed by atoms with E-state index in [4.69, 9.17) is 0 Å². The molecule has 1 aromatic carbocycles. The predicted octanol–water partition coefficient (Wildman–Crippen LogP) is 2.10. The summed E-state index contributed by atoms with van der Waals surface area (Å²) >= 11 is 0. The van der Waals surface area contributed by atoms with Gasteiger partial charge in [0.1, 0.15) is 0 Å². The van der Waals surface area contributed by atoms with Crippen molar-refractivity contribution in [1.82, 2.24) is 4.31 Å². The lowest BCUT2D eigenvalue weighted by Crippen LogP contribution is -2.35. The van der Waals surface area contributed by atoms with Gasteiger partial charge >= 0.3 is 0 Å². The third kappa shape index (κ3) is 2.00. The first-order valence-electron chi connectivity index (χ1n) is 6.13. The van der Waals surface area contributed by atoms with Gasteiger partial charge in [0, 0.05) is 6.04 Å². The molecule has 1 aromatic rings. The molecule has 3 rings (SSSR count). The second-order valence-corrected chi connectivity index (χ2v) is 6.97. The summed E-state index contributed by atoms with van der Waals surface area (Å²) in [5.74, 6) is 0. The summed E-state index contributed by atoms with van der Waals surface area (Å²) in [7, 11) is -3.09. The lowest BCUT2D eigenvalue weighted by Gasteiger charge is -2.27. The number of nitrogens with zero attached hydrogens (tertiary/aromatic N) is 1. The Morgan fingerprint density at radius 1 is 1.18 bits per heavy atom. The highest BCUT2D eigenvalue weighted by Crippen LogP contribution is 2.43. The molecule has 0 aromatic heterocycles. The molecule has 1 unspecified atom stereocenters. The van der Waals surface area contributed by atoms with Gasteiger partial charge < -0.3 is 0 Å². The quantitative estimate of drug-likeness (QED) is 0.825. The van der Waals surface area contributed by atoms with Crippen molar-refractivity contribution < 1.29 is 8.42 Å². The number of sulfonamides is 1. The molecule has 0 heterocycles. The number of rotatable bonds is 3. The summed E-state index contributed by atoms with van der Waals surface area (Å²) in [6, 6.07) is 8.55. The average molecular weight is 251 g/mol. The van der Waals surface area contributed by atoms with Gasteiger partial charge in [0.2, 0.25) is 10.0 Å². The lowest BCUT2D eigenvalue weighted by molar-refractivity contribution is 0.317. The average Bonchev–Trinajstić information content (AvgIpc) is 2.98. The van der Waals surface area contributed by atoms with Gasteiger partial charge in [-0.05, 0) is 36.8 Å². The fourth-order valence-corrected chi connectivity index (χ4v) is 4.32. The topological polar surface area (TPSA) is 37.4 Å². The summed E-state index contributed by atoms with van der Waals surface area (Å²) in [4.78, 5) is 0. The Morgan fingerprint density at radius 2 is 1.88 bits per heavy atom. The van der Waals surface area contributed by atoms with E-state index in [9.17, 15) is 8.42 Å². The Hall–Kier alpha value is -0.870. The number of benzene rings is 1. The Kier molecular flexibility index (Phi) is 2.52. The third-order valence-electron chi connectivity index (χ3n) is 3.70. The van der Waals surface area contributed by atoms with E-state index in [1.807, 2.05) is 12.1 Å². The smallest absolute Gasteiger partial charge is 0.212 e. The van der Waals surface area contributed by atoms with Crippen LogP contribution in [0.15, 0.2) is 24.3 Å². The molecule has 3 nitrogen and oxygen atoms in total. The van der Waals surface area contributed by atoms with Crippen LogP contribution in [0.2, 0.25) is 0 Å². The van der Waals surface area contributed by atoms with Crippen molar-refractivity contribution in [2.24, 2.45) is 0 Å². The van der Waals surface area contributed by atoms with Crippen molar-refractivity contribution in [1.29, 1.82) is 0 Å². The zero-order valence-corrected chi connectivity index (χ0v) is 10.8. The van der Waals surface area contributed by atoms with E-state index < -0.39 is 10.0 Å². The molecule has 1 atom stereocenters. The SMILES string of the molecule is CS(=O)(=O)N(C1CC1)C1CCc2ccccc21. The molecule has 4 heteroatoms. The van der Waals surface area contributed by atoms with Crippen LogP contribution < -0.4 is 0 Å². The fourth-order valence-electron chi connectivity index (χ4n) is 2.88. The molecule has 0 amide bonds. The Balaban J connectivity index is 1.99. The molecular weight excluding hydrogens is 234 g/mol. The maximum Gasteiger partial charge on any atom is 0.212 e. The van der Waals surface area contributed by atoms with Crippen LogP contribution in [0.5, 0.6) is 0 Å². The maximum absolute atomic E-state index is 11.9. The van der Waals surface area contributed by atoms with E-state index in [0.717, 1.165) is 25.7 Å². The second kappa shape index (κ2) is 3.82. The van der Waals surface area contributed by atoms with Crippen molar-refractivity contribution in [3.05, 3.63) is 35.4 Å². The first kappa shape index (κ1) is 11.2. The summed E-state index contributed by atoms with van der Waals surface area (Å²) < 4.78 is 25.6. The highest BCUT2D eigenvalue weighted by Gasteiger charge is 2.42. The molecule has 0 bridgehead atoms. The van der Waals surface area contributed by atoms with Crippen LogP contribution in [0.25, 0.3) is 0 Å². The molecular formula is C13H17NO2S. The van der Waals surface area contributed by atoms with Crippen molar-refractivity contribution >= 4 is 10.0 Å². The minimum atomic E-state index is -3.09. The first-order chi connectivity index (χ1) is 8.07. The van der Waals surface area contributed by atoms with Crippen LogP contribution in [0.1, 0.15) is 36.4 Å². The van der Waals surface area contributed by atoms with Crippen LogP contribution >= 0.6 is 0 Å². The largest absolute Gasteiger partial charge is 0.212 e. The number of aryl methyl sites for hydroxylation is 1. The summed E-state index contributed by atoms with van der Waals surface area (Å²) in [6.07, 6.45) is 5.31. The van der Waals surface area contributed by atoms with Crippen LogP contribution in [0, 0.1) is 0 Å². The van der Waals surface area contributed by atoms with Crippen molar-refractivity contribution in [2.75, 3.05) is 6.26 Å². The minimum Gasteiger partial charge on any atom is -0.212 e. The molecule has 0 spiro atoms. The maximum atomic E-state index is 11.9. The molecule has 0 N–H and O–H groups in total. The molecule has 0 aliphatic heterocycles. The van der Waals surface area contributed by atoms with E-state index >= 15 is 0 Å². The van der Waals surface area contributed by atoms with E-state index in [2.05, 4.69) is 12.1 Å². The zero-order valence-electron chi connectivity index (χ0n) is 9.96. The highest BCUT2D eigenvalue weighted by molar-refractivity contribution is 7.88. The van der Waals surface area contributed by atoms with Crippen molar-refractivity contribution in [3.63, 3.8) is 0 Å². The number of fused-ring (bicyclic) bond motifs is 1. The fraction of sp³-hybridized carbons (Fsp3) is 0.538. The van der Waals surface area contributed by atoms with Crippen LogP contribution in [-0.2, 0) is 16.4 Å². The summed E-state index contributed by atoms with van der Waals surface area (Å²) in [5.41, 5.74) is 2.52. The Morgan fingerprint density at radius 3 is 2.53 bits per heavy atom. The van der Waals surface area contributed by atoms with E-state index in [0.29, 0.717) is 0 Å². The summed E-state index contributed by atoms with van der Waals surface area (Å²) in [5, 5.41) is 0. The number of hydrogen-bond donors (Lipinski definition) is 0. The van der Waals surface area contributed by atoms with Crippen molar-refractivity contribution in [3.8, 4) is 0 Å². The molecule has 2 aliphatic carbocycles. The predicted molar refractivity (Wildman–Crippen MR) is 67.2 cm³/mol. The van der Waals surface area contributed by atoms with Gasteiger partial charge in [0.05, 0.1) is 12.3 Å². The Labute approximate surface area is 102 Å². The lowest BCUT2D eigenvalue weighted by atomic mass is 10.1. The van der Waals surface area contributed by atoms with Gasteiger partial charge in [-0.3, -0.25) is 0 Å². The van der Waals surface area contributed by atoms with Gasteiger partial charge in [-0.2, -0.15) is 4.31 Å². The first-order valence-corrected chi connectivity index (χ1v) is 7.98. The second-order valence-electron chi connectivity index (χ2n) is 5.08. The molecule has 1 fully saturated rings. The van der Waals surface area contributed by atoms with Gasteiger partial charge in [-0.1, -0.05) is 24.3 Å². The Bertz CT molecular complexity index is 534. The van der Waals surface area contributed by atoms with Gasteiger partial charge in [0.15, 0.2) is 0 Å². The van der Waals surface area contributed by atoms with E-state index in [1.165, 1.54) is 17.4 Å². The molecule has 0 saturated heterocycles. The zero-order chi connectivity index (χ0) is 12.0. The molecule has 92 valence electrons. The van der Waals surface area contributed by atoms with Gasteiger partial charge in [-0.15, -0.1) is 0 Å². The van der Waals surface area contributed by atoms with E-state index in [1.54, 1.807) is 4.31 Å². The monoisotopic (exact) mass is 251 g/mol. The minimum absolute atomic E-state index is 0.0775. The van der Waals surface area contributed by atoms with Gasteiger partial charge in [-0.25, -0.2) is 8.42 Å². The highest BCUT2D eigenvalue weighted by atomic mass is 32.2. The van der Waals surface area contributed by atoms with Crippen molar-refractivity contribution in [2.45, 2.75) is 37.8 Å². The van der Waals surface area contributed by atoms with Crippen LogP contribution in [0.4, 0.5) is 0 Å². The standard InChI is InChI=1S/C13H17NO2S/c1-17(15,16)14(11-7-8-11)13-9-6-10-4-2-3-5-12(10)13/h2-5,11,13H,6-9H2,1H3. The summed E-state index contributed by atoms with van der Waals surface area (Å²) in [6.45, 7) is 0. The van der Waals surface area contributed by atoms with Gasteiger partial charge in [0.25, 0.3) is 0 Å². The van der Waals surface area contributed by atoms with Crippen LogP contribution in [0.3, 0.4) is 0 Å². The van der Waals surface area contributed by atoms with Crippen LogP contribution in [-0.4, -0.2) is 25.0 Å². The third-order valence-corrected chi connectivity index (χ3v) is 5.02. The number of hydrogen-bond acceptors (Lipinski definition) is 2. The molecule has 0 radical (unpaired) electrons. The van der Waals surface area contributed by atoms with E-state index in [-0.39, 0.29) is 12.1 Å².